The van der Waals surface area contributed by atoms with Crippen molar-refractivity contribution in [2.45, 2.75) is 19.5 Å². The maximum atomic E-state index is 7.32. The van der Waals surface area contributed by atoms with Crippen LogP contribution in [0.1, 0.15) is 8.22 Å². The third-order valence-electron chi connectivity index (χ3n) is 0.788. The van der Waals surface area contributed by atoms with E-state index < -0.39 is 21.0 Å². The van der Waals surface area contributed by atoms with E-state index in [1.165, 1.54) is 6.55 Å². The first-order valence-corrected chi connectivity index (χ1v) is 4.87. The standard InChI is InChI=1S/C5H10N2OSi/c1-9(2,3)5-7-6-4-8-5/h4H,1-3H3/i1D3,2D3. The molecule has 0 radical (unpaired) electrons. The highest BCUT2D eigenvalue weighted by atomic mass is 28.3. The van der Waals surface area contributed by atoms with Crippen LogP contribution in [0.4, 0.5) is 0 Å². The van der Waals surface area contributed by atoms with Gasteiger partial charge in [-0.2, -0.15) is 0 Å². The molecule has 50 valence electrons. The molecule has 0 N–H and O–H groups in total. The fourth-order valence-electron chi connectivity index (χ4n) is 0.391. The van der Waals surface area contributed by atoms with Crippen molar-refractivity contribution in [2.75, 3.05) is 0 Å². The normalized spacial score (nSPS) is 24.6. The van der Waals surface area contributed by atoms with E-state index >= 15 is 0 Å². The molecule has 0 aliphatic carbocycles. The number of rotatable bonds is 1. The minimum Gasteiger partial charge on any atom is -0.433 e. The lowest BCUT2D eigenvalue weighted by molar-refractivity contribution is 0.584. The second kappa shape index (κ2) is 1.95. The molecule has 0 spiro atoms. The number of hydrogen-bond acceptors (Lipinski definition) is 3. The van der Waals surface area contributed by atoms with Crippen molar-refractivity contribution in [3.05, 3.63) is 6.39 Å². The summed E-state index contributed by atoms with van der Waals surface area (Å²) in [7, 11) is -3.82. The maximum Gasteiger partial charge on any atom is 0.203 e. The first kappa shape index (κ1) is 2.19. The van der Waals surface area contributed by atoms with E-state index in [1.54, 1.807) is 0 Å². The van der Waals surface area contributed by atoms with Crippen LogP contribution in [0.5, 0.6) is 0 Å². The Kier molecular flexibility index (Phi) is 0.475. The molecule has 0 saturated carbocycles. The minimum absolute atomic E-state index is 0.262. The molecule has 1 aromatic rings. The van der Waals surface area contributed by atoms with Gasteiger partial charge in [0.2, 0.25) is 6.39 Å². The monoisotopic (exact) mass is 148 g/mol. The summed E-state index contributed by atoms with van der Waals surface area (Å²) in [6, 6.07) is 0. The second-order valence-corrected chi connectivity index (χ2v) is 4.55. The van der Waals surface area contributed by atoms with Crippen molar-refractivity contribution in [1.82, 2.24) is 10.2 Å². The summed E-state index contributed by atoms with van der Waals surface area (Å²) in [4.78, 5) is 0. The summed E-state index contributed by atoms with van der Waals surface area (Å²) in [6.45, 7) is -4.00. The van der Waals surface area contributed by atoms with Crippen LogP contribution >= 0.6 is 0 Å². The Labute approximate surface area is 63.5 Å². The first-order chi connectivity index (χ1) is 6.61. The Morgan fingerprint density at radius 3 is 3.00 bits per heavy atom. The third-order valence-corrected chi connectivity index (χ3v) is 1.86. The number of aromatic nitrogens is 2. The molecule has 1 heterocycles. The lowest BCUT2D eigenvalue weighted by atomic mass is 11.5. The van der Waals surface area contributed by atoms with Crippen molar-refractivity contribution in [3.8, 4) is 0 Å². The Morgan fingerprint density at radius 1 is 1.78 bits per heavy atom. The van der Waals surface area contributed by atoms with Crippen molar-refractivity contribution < 1.29 is 12.6 Å². The lowest BCUT2D eigenvalue weighted by Gasteiger charge is -2.06. The van der Waals surface area contributed by atoms with Crippen LogP contribution in [0, 0.1) is 0 Å². The fraction of sp³-hybridized carbons (Fsp3) is 0.600. The highest BCUT2D eigenvalue weighted by Crippen LogP contribution is 1.97. The Hall–Kier alpha value is -0.643. The largest absolute Gasteiger partial charge is 0.433 e. The van der Waals surface area contributed by atoms with Gasteiger partial charge >= 0.3 is 0 Å². The van der Waals surface area contributed by atoms with Gasteiger partial charge in [-0.15, -0.1) is 10.2 Å². The topological polar surface area (TPSA) is 38.9 Å². The Morgan fingerprint density at radius 2 is 2.56 bits per heavy atom. The van der Waals surface area contributed by atoms with Gasteiger partial charge in [0.25, 0.3) is 0 Å². The van der Waals surface area contributed by atoms with E-state index in [2.05, 4.69) is 10.2 Å². The number of hydrogen-bond donors (Lipinski definition) is 0. The van der Waals surface area contributed by atoms with Gasteiger partial charge in [-0.3, -0.25) is 0 Å². The second-order valence-electron chi connectivity index (χ2n) is 1.87. The zero-order valence-electron chi connectivity index (χ0n) is 10.9. The number of nitrogens with zero attached hydrogens (tertiary/aromatic N) is 2. The van der Waals surface area contributed by atoms with E-state index in [-0.39, 0.29) is 5.51 Å². The molecule has 4 heteroatoms. The zero-order valence-corrected chi connectivity index (χ0v) is 5.88. The van der Waals surface area contributed by atoms with Gasteiger partial charge in [0.05, 0.1) is 0 Å². The van der Waals surface area contributed by atoms with Gasteiger partial charge in [0.1, 0.15) is 0 Å². The smallest absolute Gasteiger partial charge is 0.203 e. The molecule has 0 unspecified atom stereocenters. The van der Waals surface area contributed by atoms with Crippen molar-refractivity contribution in [1.29, 1.82) is 0 Å². The molecular weight excluding hydrogens is 132 g/mol. The summed E-state index contributed by atoms with van der Waals surface area (Å²) in [5.74, 6) is 0. The van der Waals surface area contributed by atoms with Gasteiger partial charge < -0.3 is 4.42 Å². The molecular formula is C5H10N2OSi. The molecule has 0 atom stereocenters. The van der Waals surface area contributed by atoms with Crippen LogP contribution in [0.25, 0.3) is 0 Å². The van der Waals surface area contributed by atoms with Crippen LogP contribution in [-0.2, 0) is 0 Å². The summed E-state index contributed by atoms with van der Waals surface area (Å²) in [5.41, 5.74) is -0.262. The molecule has 9 heavy (non-hydrogen) atoms. The summed E-state index contributed by atoms with van der Waals surface area (Å²) in [6.07, 6.45) is 0.943. The molecule has 0 amide bonds. The molecule has 1 aromatic heterocycles. The van der Waals surface area contributed by atoms with Crippen LogP contribution in [-0.4, -0.2) is 18.3 Å². The van der Waals surface area contributed by atoms with Gasteiger partial charge in [0, 0.05) is 8.22 Å². The molecule has 0 aliphatic rings. The average molecular weight is 148 g/mol. The van der Waals surface area contributed by atoms with E-state index in [1.807, 2.05) is 0 Å². The lowest BCUT2D eigenvalue weighted by Crippen LogP contribution is -2.38. The summed E-state index contributed by atoms with van der Waals surface area (Å²) >= 11 is 0. The van der Waals surface area contributed by atoms with Crippen molar-refractivity contribution in [3.63, 3.8) is 0 Å². The average Bonchev–Trinajstić information content (AvgIpc) is 2.49. The Bertz CT molecular complexity index is 316. The van der Waals surface area contributed by atoms with Gasteiger partial charge in [-0.25, -0.2) is 0 Å². The van der Waals surface area contributed by atoms with Crippen LogP contribution in [0.2, 0.25) is 19.5 Å². The van der Waals surface area contributed by atoms with Gasteiger partial charge in [-0.1, -0.05) is 19.5 Å². The van der Waals surface area contributed by atoms with Crippen LogP contribution < -0.4 is 5.51 Å². The molecule has 0 aromatic carbocycles. The molecule has 0 bridgehead atoms. The SMILES string of the molecule is [2H]C([2H])([2H])[Si](C)(c1nnco1)C([2H])([2H])[2H]. The molecule has 0 fully saturated rings. The van der Waals surface area contributed by atoms with E-state index in [0.717, 1.165) is 6.39 Å². The third kappa shape index (κ3) is 1.38. The fourth-order valence-corrected chi connectivity index (χ4v) is 0.937. The van der Waals surface area contributed by atoms with Gasteiger partial charge in [0.15, 0.2) is 13.6 Å². The quantitative estimate of drug-likeness (QED) is 0.548. The summed E-state index contributed by atoms with van der Waals surface area (Å²) in [5, 5.41) is 6.78. The maximum absolute atomic E-state index is 7.32. The molecule has 0 aliphatic heterocycles. The van der Waals surface area contributed by atoms with E-state index in [9.17, 15) is 0 Å². The van der Waals surface area contributed by atoms with Crippen molar-refractivity contribution >= 4 is 13.6 Å². The Balaban J connectivity index is 3.33. The summed E-state index contributed by atoms with van der Waals surface area (Å²) < 4.78 is 48.7. The first-order valence-electron chi connectivity index (χ1n) is 5.37. The molecule has 1 rings (SSSR count). The zero-order chi connectivity index (χ0) is 11.9. The van der Waals surface area contributed by atoms with Crippen LogP contribution in [0.15, 0.2) is 10.8 Å². The van der Waals surface area contributed by atoms with E-state index in [4.69, 9.17) is 12.6 Å². The highest BCUT2D eigenvalue weighted by Gasteiger charge is 2.21. The molecule has 0 saturated heterocycles. The minimum atomic E-state index is -3.82. The van der Waals surface area contributed by atoms with Crippen LogP contribution in [0.3, 0.4) is 0 Å². The predicted octanol–water partition coefficient (Wildman–Crippen LogP) is 0.615. The molecule has 3 nitrogen and oxygen atoms in total. The predicted molar refractivity (Wildman–Crippen MR) is 37.3 cm³/mol. The van der Waals surface area contributed by atoms with E-state index in [0.29, 0.717) is 0 Å². The van der Waals surface area contributed by atoms with Gasteiger partial charge in [-0.05, 0) is 0 Å². The highest BCUT2D eigenvalue weighted by molar-refractivity contribution is 6.87. The van der Waals surface area contributed by atoms with Crippen molar-refractivity contribution in [2.24, 2.45) is 0 Å².